The number of carbonyl (C=O) groups excluding carboxylic acids is 1. The molecule has 1 aliphatic rings. The van der Waals surface area contributed by atoms with Crippen molar-refractivity contribution in [3.63, 3.8) is 0 Å². The van der Waals surface area contributed by atoms with Crippen LogP contribution in [0.4, 0.5) is 5.69 Å². The summed E-state index contributed by atoms with van der Waals surface area (Å²) >= 11 is 0. The number of hydrogen-bond donors (Lipinski definition) is 0. The number of hydrogen-bond acceptors (Lipinski definition) is 3. The Morgan fingerprint density at radius 1 is 0.963 bits per heavy atom. The Balaban J connectivity index is 1.94. The molecule has 0 spiro atoms. The van der Waals surface area contributed by atoms with Gasteiger partial charge in [0.25, 0.3) is 5.91 Å². The molecule has 0 unspecified atom stereocenters. The molecule has 2 aromatic rings. The van der Waals surface area contributed by atoms with Crippen LogP contribution in [0.15, 0.2) is 54.6 Å². The molecule has 3 rings (SSSR count). The first kappa shape index (κ1) is 19.6. The van der Waals surface area contributed by atoms with Gasteiger partial charge in [0, 0.05) is 5.69 Å². The fraction of sp³-hybridized carbons (Fsp3) is 0.409. The molecule has 0 N–H and O–H groups in total. The summed E-state index contributed by atoms with van der Waals surface area (Å²) in [7, 11) is -0.428. The number of nitrogens with zero attached hydrogens (tertiary/aromatic N) is 1. The summed E-state index contributed by atoms with van der Waals surface area (Å²) in [6.45, 7) is 11.0. The van der Waals surface area contributed by atoms with Gasteiger partial charge in [0.2, 0.25) is 0 Å². The summed E-state index contributed by atoms with van der Waals surface area (Å²) in [5, 5.41) is 0.0506. The molecule has 27 heavy (non-hydrogen) atoms. The van der Waals surface area contributed by atoms with E-state index in [4.69, 9.17) is 9.16 Å². The predicted molar refractivity (Wildman–Crippen MR) is 112 cm³/mol. The molecule has 0 aliphatic carbocycles. The monoisotopic (exact) mass is 383 g/mol. The first-order valence-corrected chi connectivity index (χ1v) is 12.3. The molecule has 1 heterocycles. The largest absolute Gasteiger partial charge is 0.497 e. The maximum atomic E-state index is 13.1. The number of carbonyl (C=O) groups is 1. The molecule has 5 heteroatoms. The van der Waals surface area contributed by atoms with Crippen LogP contribution in [0.3, 0.4) is 0 Å². The third-order valence-corrected chi connectivity index (χ3v) is 10.2. The highest BCUT2D eigenvalue weighted by Gasteiger charge is 2.53. The molecule has 2 aromatic carbocycles. The standard InChI is InChI=1S/C22H29NO3Si/c1-22(2,3)27(5,6)26-20-19(16-10-8-7-9-11-16)23(21(20)24)17-12-14-18(25-4)15-13-17/h7-15,19-20H,1-6H3/t19-,20+/m0/s1. The summed E-state index contributed by atoms with van der Waals surface area (Å²) in [6, 6.07) is 17.6. The van der Waals surface area contributed by atoms with E-state index in [1.807, 2.05) is 47.4 Å². The molecule has 0 radical (unpaired) electrons. The molecule has 0 aromatic heterocycles. The number of methoxy groups -OCH3 is 1. The van der Waals surface area contributed by atoms with Crippen LogP contribution in [0.1, 0.15) is 32.4 Å². The summed E-state index contributed by atoms with van der Waals surface area (Å²) in [5.74, 6) is 0.802. The highest BCUT2D eigenvalue weighted by Crippen LogP contribution is 2.45. The summed E-state index contributed by atoms with van der Waals surface area (Å²) in [6.07, 6.45) is -0.435. The van der Waals surface area contributed by atoms with E-state index in [1.54, 1.807) is 7.11 Å². The fourth-order valence-corrected chi connectivity index (χ4v) is 4.29. The number of amides is 1. The highest BCUT2D eigenvalue weighted by molar-refractivity contribution is 6.74. The zero-order chi connectivity index (χ0) is 19.8. The minimum absolute atomic E-state index is 0.0267. The average molecular weight is 384 g/mol. The summed E-state index contributed by atoms with van der Waals surface area (Å²) in [4.78, 5) is 14.9. The molecular weight excluding hydrogens is 354 g/mol. The van der Waals surface area contributed by atoms with Gasteiger partial charge in [0.05, 0.1) is 13.2 Å². The maximum Gasteiger partial charge on any atom is 0.258 e. The van der Waals surface area contributed by atoms with E-state index < -0.39 is 14.4 Å². The van der Waals surface area contributed by atoms with Crippen LogP contribution < -0.4 is 9.64 Å². The van der Waals surface area contributed by atoms with Crippen LogP contribution in [-0.2, 0) is 9.22 Å². The Bertz CT molecular complexity index is 797. The second-order valence-electron chi connectivity index (χ2n) is 8.56. The van der Waals surface area contributed by atoms with Gasteiger partial charge in [0.15, 0.2) is 8.32 Å². The van der Waals surface area contributed by atoms with Gasteiger partial charge in [-0.25, -0.2) is 0 Å². The second kappa shape index (κ2) is 7.13. The van der Waals surface area contributed by atoms with Crippen molar-refractivity contribution in [3.8, 4) is 5.75 Å². The van der Waals surface area contributed by atoms with Gasteiger partial charge in [-0.1, -0.05) is 51.1 Å². The zero-order valence-electron chi connectivity index (χ0n) is 17.0. The van der Waals surface area contributed by atoms with E-state index >= 15 is 0 Å². The van der Waals surface area contributed by atoms with Crippen LogP contribution in [0, 0.1) is 0 Å². The second-order valence-corrected chi connectivity index (χ2v) is 13.3. The zero-order valence-corrected chi connectivity index (χ0v) is 18.0. The quantitative estimate of drug-likeness (QED) is 0.528. The van der Waals surface area contributed by atoms with E-state index in [-0.39, 0.29) is 17.0 Å². The molecule has 0 bridgehead atoms. The van der Waals surface area contributed by atoms with Gasteiger partial charge in [-0.3, -0.25) is 9.69 Å². The Morgan fingerprint density at radius 2 is 1.56 bits per heavy atom. The lowest BCUT2D eigenvalue weighted by molar-refractivity contribution is -0.135. The van der Waals surface area contributed by atoms with E-state index in [2.05, 4.69) is 46.0 Å². The molecule has 1 amide bonds. The summed E-state index contributed by atoms with van der Waals surface area (Å²) in [5.41, 5.74) is 1.96. The van der Waals surface area contributed by atoms with Gasteiger partial charge in [-0.2, -0.15) is 0 Å². The van der Waals surface area contributed by atoms with Gasteiger partial charge in [-0.15, -0.1) is 0 Å². The van der Waals surface area contributed by atoms with Crippen molar-refractivity contribution >= 4 is 19.9 Å². The van der Waals surface area contributed by atoms with Crippen LogP contribution in [0.2, 0.25) is 18.1 Å². The molecule has 1 aliphatic heterocycles. The van der Waals surface area contributed by atoms with Crippen molar-refractivity contribution in [2.24, 2.45) is 0 Å². The molecule has 4 nitrogen and oxygen atoms in total. The molecular formula is C22H29NO3Si. The number of anilines is 1. The first-order chi connectivity index (χ1) is 12.7. The third kappa shape index (κ3) is 3.66. The topological polar surface area (TPSA) is 38.8 Å². The average Bonchev–Trinajstić information content (AvgIpc) is 2.64. The van der Waals surface area contributed by atoms with E-state index in [0.717, 1.165) is 17.0 Å². The molecule has 1 saturated heterocycles. The van der Waals surface area contributed by atoms with Crippen LogP contribution in [-0.4, -0.2) is 27.4 Å². The van der Waals surface area contributed by atoms with Gasteiger partial charge < -0.3 is 9.16 Å². The third-order valence-electron chi connectivity index (χ3n) is 5.77. The van der Waals surface area contributed by atoms with Crippen molar-refractivity contribution in [3.05, 3.63) is 60.2 Å². The number of β-lactam (4-membered cyclic amide) rings is 1. The summed E-state index contributed by atoms with van der Waals surface area (Å²) < 4.78 is 11.8. The van der Waals surface area contributed by atoms with Crippen molar-refractivity contribution in [1.82, 2.24) is 0 Å². The number of rotatable bonds is 5. The van der Waals surface area contributed by atoms with Gasteiger partial charge in [0.1, 0.15) is 11.9 Å². The first-order valence-electron chi connectivity index (χ1n) is 9.35. The lowest BCUT2D eigenvalue weighted by Crippen LogP contribution is -2.63. The smallest absolute Gasteiger partial charge is 0.258 e. The molecule has 144 valence electrons. The predicted octanol–water partition coefficient (Wildman–Crippen LogP) is 5.17. The number of ether oxygens (including phenoxy) is 1. The Kier molecular flexibility index (Phi) is 5.19. The Morgan fingerprint density at radius 3 is 2.07 bits per heavy atom. The van der Waals surface area contributed by atoms with Crippen molar-refractivity contribution in [2.75, 3.05) is 12.0 Å². The maximum absolute atomic E-state index is 13.1. The van der Waals surface area contributed by atoms with E-state index in [0.29, 0.717) is 0 Å². The van der Waals surface area contributed by atoms with Crippen molar-refractivity contribution in [1.29, 1.82) is 0 Å². The van der Waals surface area contributed by atoms with Gasteiger partial charge in [-0.05, 0) is 48.0 Å². The highest BCUT2D eigenvalue weighted by atomic mass is 28.4. The van der Waals surface area contributed by atoms with Crippen molar-refractivity contribution in [2.45, 2.75) is 51.0 Å². The van der Waals surface area contributed by atoms with Crippen LogP contribution in [0.25, 0.3) is 0 Å². The molecule has 0 saturated carbocycles. The van der Waals surface area contributed by atoms with Crippen LogP contribution >= 0.6 is 0 Å². The Labute approximate surface area is 163 Å². The van der Waals surface area contributed by atoms with Crippen molar-refractivity contribution < 1.29 is 14.0 Å². The molecule has 1 fully saturated rings. The normalized spacial score (nSPS) is 20.4. The lowest BCUT2D eigenvalue weighted by Gasteiger charge is -2.51. The van der Waals surface area contributed by atoms with Crippen LogP contribution in [0.5, 0.6) is 5.75 Å². The minimum Gasteiger partial charge on any atom is -0.497 e. The van der Waals surface area contributed by atoms with Gasteiger partial charge >= 0.3 is 0 Å². The molecule has 2 atom stereocenters. The lowest BCUT2D eigenvalue weighted by atomic mass is 9.90. The van der Waals surface area contributed by atoms with E-state index in [9.17, 15) is 4.79 Å². The minimum atomic E-state index is -2.07. The Hall–Kier alpha value is -2.11. The number of benzene rings is 2. The SMILES string of the molecule is COc1ccc(N2C(=O)[C@H](O[Si](C)(C)C(C)(C)C)[C@@H]2c2ccccc2)cc1. The fourth-order valence-electron chi connectivity index (χ4n) is 3.08. The van der Waals surface area contributed by atoms with E-state index in [1.165, 1.54) is 0 Å².